The van der Waals surface area contributed by atoms with Gasteiger partial charge in [-0.05, 0) is 54.5 Å². The van der Waals surface area contributed by atoms with Crippen LogP contribution in [0.25, 0.3) is 0 Å². The van der Waals surface area contributed by atoms with E-state index in [1.165, 1.54) is 29.5 Å². The van der Waals surface area contributed by atoms with Crippen LogP contribution >= 0.6 is 0 Å². The maximum absolute atomic E-state index is 5.21. The summed E-state index contributed by atoms with van der Waals surface area (Å²) in [6.07, 6.45) is 2.70. The van der Waals surface area contributed by atoms with Gasteiger partial charge in [-0.2, -0.15) is 0 Å². The van der Waals surface area contributed by atoms with E-state index in [1.54, 1.807) is 7.11 Å². The summed E-state index contributed by atoms with van der Waals surface area (Å²) in [5, 5.41) is 3.63. The molecule has 3 rings (SSSR count). The van der Waals surface area contributed by atoms with Gasteiger partial charge in [0.25, 0.3) is 0 Å². The molecule has 0 aliphatic heterocycles. The molecule has 2 aromatic rings. The van der Waals surface area contributed by atoms with Crippen LogP contribution in [0.1, 0.15) is 48.4 Å². The standard InChI is InChI=1S/C19H23NO/c1-14(15-9-11-18(21-2)12-10-15)20-13-17-5-3-4-6-19(17)16-7-8-16/h3-6,9-12,14,16,20H,7-8,13H2,1-2H3. The predicted octanol–water partition coefficient (Wildman–Crippen LogP) is 4.42. The fourth-order valence-electron chi connectivity index (χ4n) is 2.76. The number of benzene rings is 2. The molecule has 0 aromatic heterocycles. The van der Waals surface area contributed by atoms with Crippen LogP contribution in [0.2, 0.25) is 0 Å². The van der Waals surface area contributed by atoms with Gasteiger partial charge in [-0.15, -0.1) is 0 Å². The van der Waals surface area contributed by atoms with Gasteiger partial charge in [-0.1, -0.05) is 36.4 Å². The van der Waals surface area contributed by atoms with Gasteiger partial charge in [-0.25, -0.2) is 0 Å². The first kappa shape index (κ1) is 14.2. The van der Waals surface area contributed by atoms with E-state index in [0.29, 0.717) is 6.04 Å². The third-order valence-electron chi connectivity index (χ3n) is 4.29. The van der Waals surface area contributed by atoms with Gasteiger partial charge < -0.3 is 10.1 Å². The average molecular weight is 281 g/mol. The maximum atomic E-state index is 5.21. The van der Waals surface area contributed by atoms with Crippen molar-refractivity contribution >= 4 is 0 Å². The third kappa shape index (κ3) is 3.45. The lowest BCUT2D eigenvalue weighted by atomic mass is 10.0. The molecule has 21 heavy (non-hydrogen) atoms. The van der Waals surface area contributed by atoms with Crippen molar-refractivity contribution in [2.75, 3.05) is 7.11 Å². The Morgan fingerprint density at radius 1 is 1.10 bits per heavy atom. The van der Waals surface area contributed by atoms with Crippen molar-refractivity contribution in [3.05, 3.63) is 65.2 Å². The largest absolute Gasteiger partial charge is 0.497 e. The van der Waals surface area contributed by atoms with Gasteiger partial charge >= 0.3 is 0 Å². The molecular weight excluding hydrogens is 258 g/mol. The van der Waals surface area contributed by atoms with Gasteiger partial charge in [0.1, 0.15) is 5.75 Å². The molecule has 1 atom stereocenters. The Bertz CT molecular complexity index is 587. The van der Waals surface area contributed by atoms with E-state index in [9.17, 15) is 0 Å². The minimum absolute atomic E-state index is 0.336. The van der Waals surface area contributed by atoms with Crippen LogP contribution in [0.15, 0.2) is 48.5 Å². The zero-order chi connectivity index (χ0) is 14.7. The molecule has 2 aromatic carbocycles. The lowest BCUT2D eigenvalue weighted by molar-refractivity contribution is 0.414. The van der Waals surface area contributed by atoms with Crippen LogP contribution in [-0.2, 0) is 6.54 Å². The quantitative estimate of drug-likeness (QED) is 0.846. The van der Waals surface area contributed by atoms with E-state index in [4.69, 9.17) is 4.74 Å². The zero-order valence-electron chi connectivity index (χ0n) is 12.8. The van der Waals surface area contributed by atoms with Gasteiger partial charge in [0, 0.05) is 12.6 Å². The summed E-state index contributed by atoms with van der Waals surface area (Å²) in [4.78, 5) is 0. The zero-order valence-corrected chi connectivity index (χ0v) is 12.8. The number of rotatable bonds is 6. The molecule has 1 N–H and O–H groups in total. The predicted molar refractivity (Wildman–Crippen MR) is 86.7 cm³/mol. The third-order valence-corrected chi connectivity index (χ3v) is 4.29. The molecule has 110 valence electrons. The number of hydrogen-bond acceptors (Lipinski definition) is 2. The number of nitrogens with one attached hydrogen (secondary N) is 1. The molecule has 2 heteroatoms. The highest BCUT2D eigenvalue weighted by Gasteiger charge is 2.25. The molecule has 1 saturated carbocycles. The van der Waals surface area contributed by atoms with Crippen molar-refractivity contribution in [1.82, 2.24) is 5.32 Å². The molecular formula is C19H23NO. The molecule has 0 spiro atoms. The van der Waals surface area contributed by atoms with Gasteiger partial charge in [0.2, 0.25) is 0 Å². The van der Waals surface area contributed by atoms with Crippen LogP contribution in [0.4, 0.5) is 0 Å². The molecule has 0 radical (unpaired) electrons. The fraction of sp³-hybridized carbons (Fsp3) is 0.368. The monoisotopic (exact) mass is 281 g/mol. The van der Waals surface area contributed by atoms with Crippen molar-refractivity contribution in [3.8, 4) is 5.75 Å². The Kier molecular flexibility index (Phi) is 4.26. The summed E-state index contributed by atoms with van der Waals surface area (Å²) in [5.74, 6) is 1.71. The Labute approximate surface area is 127 Å². The van der Waals surface area contributed by atoms with Crippen LogP contribution in [0, 0.1) is 0 Å². The minimum atomic E-state index is 0.336. The van der Waals surface area contributed by atoms with E-state index < -0.39 is 0 Å². The molecule has 2 nitrogen and oxygen atoms in total. The van der Waals surface area contributed by atoms with Gasteiger partial charge in [-0.3, -0.25) is 0 Å². The second-order valence-corrected chi connectivity index (χ2v) is 5.85. The van der Waals surface area contributed by atoms with Crippen molar-refractivity contribution in [2.45, 2.75) is 38.3 Å². The highest BCUT2D eigenvalue weighted by Crippen LogP contribution is 2.41. The van der Waals surface area contributed by atoms with Crippen LogP contribution in [0.3, 0.4) is 0 Å². The summed E-state index contributed by atoms with van der Waals surface area (Å²) in [5.41, 5.74) is 4.27. The van der Waals surface area contributed by atoms with Crippen molar-refractivity contribution in [3.63, 3.8) is 0 Å². The first-order chi connectivity index (χ1) is 10.3. The minimum Gasteiger partial charge on any atom is -0.497 e. The molecule has 1 aliphatic carbocycles. The number of ether oxygens (including phenoxy) is 1. The smallest absolute Gasteiger partial charge is 0.118 e. The van der Waals surface area contributed by atoms with Crippen molar-refractivity contribution in [2.24, 2.45) is 0 Å². The molecule has 0 bridgehead atoms. The molecule has 0 heterocycles. The maximum Gasteiger partial charge on any atom is 0.118 e. The van der Waals surface area contributed by atoms with Crippen molar-refractivity contribution < 1.29 is 4.74 Å². The molecule has 1 unspecified atom stereocenters. The van der Waals surface area contributed by atoms with E-state index in [1.807, 2.05) is 12.1 Å². The van der Waals surface area contributed by atoms with Crippen LogP contribution in [0.5, 0.6) is 5.75 Å². The normalized spacial score (nSPS) is 15.7. The Balaban J connectivity index is 1.64. The summed E-state index contributed by atoms with van der Waals surface area (Å²) >= 11 is 0. The van der Waals surface area contributed by atoms with E-state index in [-0.39, 0.29) is 0 Å². The average Bonchev–Trinajstić information content (AvgIpc) is 3.38. The topological polar surface area (TPSA) is 21.3 Å². The molecule has 1 fully saturated rings. The van der Waals surface area contributed by atoms with Crippen LogP contribution < -0.4 is 10.1 Å². The Morgan fingerprint density at radius 3 is 2.48 bits per heavy atom. The molecule has 0 saturated heterocycles. The molecule has 0 amide bonds. The number of hydrogen-bond donors (Lipinski definition) is 1. The van der Waals surface area contributed by atoms with Gasteiger partial charge in [0.15, 0.2) is 0 Å². The van der Waals surface area contributed by atoms with E-state index in [2.05, 4.69) is 48.6 Å². The summed E-state index contributed by atoms with van der Waals surface area (Å²) in [6.45, 7) is 3.14. The highest BCUT2D eigenvalue weighted by atomic mass is 16.5. The fourth-order valence-corrected chi connectivity index (χ4v) is 2.76. The number of methoxy groups -OCH3 is 1. The SMILES string of the molecule is COc1ccc(C(C)NCc2ccccc2C2CC2)cc1. The molecule has 1 aliphatic rings. The van der Waals surface area contributed by atoms with Crippen molar-refractivity contribution in [1.29, 1.82) is 0 Å². The highest BCUT2D eigenvalue weighted by molar-refractivity contribution is 5.33. The lowest BCUT2D eigenvalue weighted by Gasteiger charge is -2.16. The first-order valence-corrected chi connectivity index (χ1v) is 7.73. The summed E-state index contributed by atoms with van der Waals surface area (Å²) in [7, 11) is 1.70. The summed E-state index contributed by atoms with van der Waals surface area (Å²) < 4.78 is 5.21. The van der Waals surface area contributed by atoms with E-state index in [0.717, 1.165) is 18.2 Å². The first-order valence-electron chi connectivity index (χ1n) is 7.73. The summed E-state index contributed by atoms with van der Waals surface area (Å²) in [6, 6.07) is 17.5. The Hall–Kier alpha value is -1.80. The second-order valence-electron chi connectivity index (χ2n) is 5.85. The van der Waals surface area contributed by atoms with E-state index >= 15 is 0 Å². The Morgan fingerprint density at radius 2 is 1.81 bits per heavy atom. The van der Waals surface area contributed by atoms with Gasteiger partial charge in [0.05, 0.1) is 7.11 Å². The van der Waals surface area contributed by atoms with Crippen LogP contribution in [-0.4, -0.2) is 7.11 Å². The second kappa shape index (κ2) is 6.31. The lowest BCUT2D eigenvalue weighted by Crippen LogP contribution is -2.18.